The molecule has 0 saturated carbocycles. The molecule has 4 N–H and O–H groups in total. The average molecular weight is 473 g/mol. The molecule has 12 nitrogen and oxygen atoms in total. The fourth-order valence-corrected chi connectivity index (χ4v) is 3.68. The van der Waals surface area contributed by atoms with Gasteiger partial charge in [0.15, 0.2) is 5.65 Å². The summed E-state index contributed by atoms with van der Waals surface area (Å²) < 4.78 is 7.26. The summed E-state index contributed by atoms with van der Waals surface area (Å²) in [6.07, 6.45) is 1.56. The van der Waals surface area contributed by atoms with Gasteiger partial charge in [0.1, 0.15) is 11.6 Å². The second-order valence-corrected chi connectivity index (χ2v) is 7.75. The molecule has 4 heterocycles. The van der Waals surface area contributed by atoms with Crippen LogP contribution in [-0.2, 0) is 6.54 Å². The molecule has 0 spiro atoms. The Morgan fingerprint density at radius 2 is 1.97 bits per heavy atom. The van der Waals surface area contributed by atoms with Crippen LogP contribution in [0.15, 0.2) is 57.9 Å². The summed E-state index contributed by atoms with van der Waals surface area (Å²) in [7, 11) is 0. The number of pyridine rings is 1. The summed E-state index contributed by atoms with van der Waals surface area (Å²) in [4.78, 5) is 25.6. The maximum atomic E-state index is 12.1. The first-order valence-corrected chi connectivity index (χ1v) is 11.0. The Balaban J connectivity index is 1.51. The minimum Gasteiger partial charge on any atom is -0.421 e. The standard InChI is InChI=1S/C23H23N9O3/c1-3-32-20-15(21(34)31-32)9-10-18(26-20)27-23-24-11-16(22-30-29-13(2)35-22)19(28-23)25-17(12-33)14-7-5-4-6-8-14/h4-11,17,33H,3,12H2,1-2H3,(H,31,34)(H2,24,25,26,27,28)/t17-/m1/s1. The van der Waals surface area contributed by atoms with E-state index in [1.165, 1.54) is 0 Å². The molecule has 0 fully saturated rings. The number of nitrogens with one attached hydrogen (secondary N) is 3. The van der Waals surface area contributed by atoms with Gasteiger partial charge >= 0.3 is 0 Å². The van der Waals surface area contributed by atoms with E-state index in [-0.39, 0.29) is 24.0 Å². The topological polar surface area (TPSA) is 160 Å². The molecule has 0 aliphatic heterocycles. The number of H-pyrrole nitrogens is 1. The lowest BCUT2D eigenvalue weighted by Gasteiger charge is -2.19. The minimum absolute atomic E-state index is 0.167. The third-order valence-corrected chi connectivity index (χ3v) is 5.41. The van der Waals surface area contributed by atoms with Gasteiger partial charge in [-0.3, -0.25) is 14.6 Å². The monoisotopic (exact) mass is 473 g/mol. The van der Waals surface area contributed by atoms with Gasteiger partial charge in [-0.25, -0.2) is 9.97 Å². The Morgan fingerprint density at radius 1 is 1.14 bits per heavy atom. The van der Waals surface area contributed by atoms with Crippen LogP contribution < -0.4 is 16.2 Å². The number of benzene rings is 1. The molecule has 1 atom stereocenters. The van der Waals surface area contributed by atoms with E-state index in [0.29, 0.717) is 40.7 Å². The molecule has 0 radical (unpaired) electrons. The number of rotatable bonds is 8. The summed E-state index contributed by atoms with van der Waals surface area (Å²) in [5.74, 6) is 1.76. The van der Waals surface area contributed by atoms with Crippen molar-refractivity contribution in [1.82, 2.24) is 34.9 Å². The van der Waals surface area contributed by atoms with Crippen LogP contribution in [0.25, 0.3) is 22.5 Å². The number of nitrogens with zero attached hydrogens (tertiary/aromatic N) is 6. The van der Waals surface area contributed by atoms with Crippen molar-refractivity contribution in [1.29, 1.82) is 0 Å². The number of aliphatic hydroxyl groups excluding tert-OH is 1. The molecule has 1 aromatic carbocycles. The van der Waals surface area contributed by atoms with E-state index in [0.717, 1.165) is 5.56 Å². The van der Waals surface area contributed by atoms with Crippen molar-refractivity contribution in [3.8, 4) is 11.5 Å². The average Bonchev–Trinajstić information content (AvgIpc) is 3.45. The number of aliphatic hydroxyl groups is 1. The highest BCUT2D eigenvalue weighted by Gasteiger charge is 2.19. The third kappa shape index (κ3) is 4.46. The molecule has 0 aliphatic rings. The van der Waals surface area contributed by atoms with Crippen molar-refractivity contribution in [3.05, 3.63) is 70.5 Å². The first kappa shape index (κ1) is 22.2. The SMILES string of the molecule is CCn1[nH]c(=O)c2ccc(Nc3ncc(-c4nnc(C)o4)c(N[C@H](CO)c4ccccc4)n3)nc21. The Kier molecular flexibility index (Phi) is 5.94. The summed E-state index contributed by atoms with van der Waals surface area (Å²) in [6.45, 7) is 4.01. The van der Waals surface area contributed by atoms with Crippen LogP contribution in [0, 0.1) is 6.92 Å². The van der Waals surface area contributed by atoms with E-state index >= 15 is 0 Å². The Labute approximate surface area is 199 Å². The molecule has 5 rings (SSSR count). The summed E-state index contributed by atoms with van der Waals surface area (Å²) >= 11 is 0. The number of anilines is 3. The lowest BCUT2D eigenvalue weighted by atomic mass is 10.1. The van der Waals surface area contributed by atoms with Gasteiger partial charge < -0.3 is 20.2 Å². The first-order chi connectivity index (χ1) is 17.1. The molecule has 0 aliphatic carbocycles. The molecule has 178 valence electrons. The second-order valence-electron chi connectivity index (χ2n) is 7.75. The molecule has 5 aromatic rings. The fraction of sp³-hybridized carbons (Fsp3) is 0.217. The van der Waals surface area contributed by atoms with Crippen molar-refractivity contribution in [2.45, 2.75) is 26.4 Å². The van der Waals surface area contributed by atoms with Crippen LogP contribution in [0.1, 0.15) is 24.4 Å². The quantitative estimate of drug-likeness (QED) is 0.264. The zero-order valence-corrected chi connectivity index (χ0v) is 19.1. The number of aromatic nitrogens is 7. The third-order valence-electron chi connectivity index (χ3n) is 5.41. The van der Waals surface area contributed by atoms with Gasteiger partial charge in [-0.2, -0.15) is 4.98 Å². The summed E-state index contributed by atoms with van der Waals surface area (Å²) in [5, 5.41) is 27.6. The predicted molar refractivity (Wildman–Crippen MR) is 129 cm³/mol. The van der Waals surface area contributed by atoms with Gasteiger partial charge in [0.25, 0.3) is 11.4 Å². The van der Waals surface area contributed by atoms with E-state index < -0.39 is 6.04 Å². The number of hydrogen-bond acceptors (Lipinski definition) is 10. The normalized spacial score (nSPS) is 12.1. The van der Waals surface area contributed by atoms with Crippen LogP contribution in [0.4, 0.5) is 17.6 Å². The molecule has 0 saturated heterocycles. The molecule has 0 bridgehead atoms. The maximum absolute atomic E-state index is 12.1. The van der Waals surface area contributed by atoms with E-state index in [9.17, 15) is 9.90 Å². The molecule has 35 heavy (non-hydrogen) atoms. The maximum Gasteiger partial charge on any atom is 0.273 e. The predicted octanol–water partition coefficient (Wildman–Crippen LogP) is 2.78. The van der Waals surface area contributed by atoms with Crippen LogP contribution in [0.5, 0.6) is 0 Å². The molecule has 4 aromatic heterocycles. The Morgan fingerprint density at radius 3 is 2.69 bits per heavy atom. The number of hydrogen-bond donors (Lipinski definition) is 4. The van der Waals surface area contributed by atoms with Gasteiger partial charge in [0.2, 0.25) is 11.8 Å². The van der Waals surface area contributed by atoms with Gasteiger partial charge in [0, 0.05) is 19.7 Å². The van der Waals surface area contributed by atoms with Gasteiger partial charge in [0.05, 0.1) is 23.6 Å². The van der Waals surface area contributed by atoms with E-state index in [2.05, 4.69) is 40.9 Å². The van der Waals surface area contributed by atoms with Crippen molar-refractivity contribution < 1.29 is 9.52 Å². The molecule has 0 amide bonds. The number of aromatic amines is 1. The summed E-state index contributed by atoms with van der Waals surface area (Å²) in [5.41, 5.74) is 1.70. The van der Waals surface area contributed by atoms with Gasteiger partial charge in [-0.15, -0.1) is 10.2 Å². The lowest BCUT2D eigenvalue weighted by molar-refractivity contribution is 0.276. The largest absolute Gasteiger partial charge is 0.421 e. The van der Waals surface area contributed by atoms with Crippen molar-refractivity contribution in [3.63, 3.8) is 0 Å². The van der Waals surface area contributed by atoms with Crippen LogP contribution >= 0.6 is 0 Å². The molecular weight excluding hydrogens is 450 g/mol. The Bertz CT molecular complexity index is 1520. The van der Waals surface area contributed by atoms with Gasteiger partial charge in [-0.05, 0) is 24.6 Å². The second kappa shape index (κ2) is 9.35. The minimum atomic E-state index is -0.435. The zero-order chi connectivity index (χ0) is 24.4. The van der Waals surface area contributed by atoms with Crippen molar-refractivity contribution in [2.75, 3.05) is 17.2 Å². The zero-order valence-electron chi connectivity index (χ0n) is 19.1. The van der Waals surface area contributed by atoms with Crippen molar-refractivity contribution in [2.24, 2.45) is 0 Å². The van der Waals surface area contributed by atoms with Crippen molar-refractivity contribution >= 4 is 28.6 Å². The van der Waals surface area contributed by atoms with E-state index in [1.807, 2.05) is 37.3 Å². The number of fused-ring (bicyclic) bond motifs is 1. The highest BCUT2D eigenvalue weighted by molar-refractivity contribution is 5.77. The molecule has 0 unspecified atom stereocenters. The first-order valence-electron chi connectivity index (χ1n) is 11.0. The van der Waals surface area contributed by atoms with Crippen LogP contribution in [-0.4, -0.2) is 46.6 Å². The smallest absolute Gasteiger partial charge is 0.273 e. The van der Waals surface area contributed by atoms with Crippen LogP contribution in [0.3, 0.4) is 0 Å². The van der Waals surface area contributed by atoms with Crippen LogP contribution in [0.2, 0.25) is 0 Å². The number of aryl methyl sites for hydroxylation is 2. The lowest BCUT2D eigenvalue weighted by Crippen LogP contribution is -2.17. The highest BCUT2D eigenvalue weighted by Crippen LogP contribution is 2.29. The highest BCUT2D eigenvalue weighted by atomic mass is 16.4. The Hall–Kier alpha value is -4.58. The molecular formula is C23H23N9O3. The summed E-state index contributed by atoms with van der Waals surface area (Å²) in [6, 6.07) is 12.5. The fourth-order valence-electron chi connectivity index (χ4n) is 3.68. The molecule has 12 heteroatoms. The van der Waals surface area contributed by atoms with E-state index in [1.54, 1.807) is 29.9 Å². The van der Waals surface area contributed by atoms with E-state index in [4.69, 9.17) is 4.42 Å². The van der Waals surface area contributed by atoms with Gasteiger partial charge in [-0.1, -0.05) is 30.3 Å².